The molecule has 4 rings (SSSR count). The minimum atomic E-state index is -0.757. The van der Waals surface area contributed by atoms with Gasteiger partial charge in [-0.05, 0) is 42.3 Å². The van der Waals surface area contributed by atoms with Crippen LogP contribution < -0.4 is 10.6 Å². The van der Waals surface area contributed by atoms with Gasteiger partial charge < -0.3 is 15.5 Å². The molecule has 0 fully saturated rings. The maximum atomic E-state index is 13.3. The summed E-state index contributed by atoms with van der Waals surface area (Å²) in [7, 11) is 0. The zero-order valence-electron chi connectivity index (χ0n) is 17.7. The van der Waals surface area contributed by atoms with Gasteiger partial charge in [0.15, 0.2) is 0 Å². The van der Waals surface area contributed by atoms with Crippen molar-refractivity contribution < 1.29 is 18.8 Å². The van der Waals surface area contributed by atoms with Crippen molar-refractivity contribution in [3.8, 4) is 0 Å². The van der Waals surface area contributed by atoms with Gasteiger partial charge in [0.2, 0.25) is 5.91 Å². The van der Waals surface area contributed by atoms with Crippen LogP contribution >= 0.6 is 23.2 Å². The molecule has 7 nitrogen and oxygen atoms in total. The van der Waals surface area contributed by atoms with Crippen molar-refractivity contribution in [3.05, 3.63) is 80.7 Å². The Labute approximate surface area is 200 Å². The molecule has 0 unspecified atom stereocenters. The number of halogens is 3. The van der Waals surface area contributed by atoms with E-state index < -0.39 is 17.8 Å². The van der Waals surface area contributed by atoms with Crippen molar-refractivity contribution in [2.24, 2.45) is 0 Å². The molecule has 2 aromatic rings. The number of hydrogen-bond donors (Lipinski definition) is 2. The molecule has 2 aliphatic rings. The lowest BCUT2D eigenvalue weighted by molar-refractivity contribution is -0.132. The molecule has 0 saturated heterocycles. The van der Waals surface area contributed by atoms with E-state index in [4.69, 9.17) is 23.2 Å². The summed E-state index contributed by atoms with van der Waals surface area (Å²) in [5.41, 5.74) is 2.07. The number of nitrogens with zero attached hydrogens (tertiary/aromatic N) is 2. The monoisotopic (exact) mass is 490 g/mol. The van der Waals surface area contributed by atoms with E-state index in [2.05, 4.69) is 10.6 Å². The number of benzene rings is 2. The average Bonchev–Trinajstić information content (AvgIpc) is 3.08. The Kier molecular flexibility index (Phi) is 6.58. The van der Waals surface area contributed by atoms with Crippen LogP contribution in [-0.4, -0.2) is 47.3 Å². The Morgan fingerprint density at radius 1 is 1.21 bits per heavy atom. The van der Waals surface area contributed by atoms with E-state index in [1.807, 2.05) is 0 Å². The minimum absolute atomic E-state index is 0.116. The van der Waals surface area contributed by atoms with E-state index in [1.54, 1.807) is 37.3 Å². The summed E-state index contributed by atoms with van der Waals surface area (Å²) in [5, 5.41) is 6.29. The summed E-state index contributed by atoms with van der Waals surface area (Å²) in [6.07, 6.45) is 0. The average molecular weight is 491 g/mol. The Morgan fingerprint density at radius 2 is 2.00 bits per heavy atom. The summed E-state index contributed by atoms with van der Waals surface area (Å²) in [5.74, 6) is -1.15. The summed E-state index contributed by atoms with van der Waals surface area (Å²) in [4.78, 5) is 41.4. The normalized spacial score (nSPS) is 17.9. The largest absolute Gasteiger partial charge is 0.350 e. The fraction of sp³-hybridized carbons (Fsp3) is 0.261. The van der Waals surface area contributed by atoms with Crippen molar-refractivity contribution >= 4 is 41.0 Å². The van der Waals surface area contributed by atoms with Crippen LogP contribution in [0.1, 0.15) is 24.1 Å². The van der Waals surface area contributed by atoms with Crippen molar-refractivity contribution in [1.82, 2.24) is 20.4 Å². The van der Waals surface area contributed by atoms with Crippen molar-refractivity contribution in [3.63, 3.8) is 0 Å². The number of likely N-dealkylation sites (N-methyl/N-ethyl adjacent to an activating group) is 1. The van der Waals surface area contributed by atoms with Gasteiger partial charge in [-0.25, -0.2) is 9.18 Å². The molecular formula is C23H21Cl2FN4O3. The predicted molar refractivity (Wildman–Crippen MR) is 122 cm³/mol. The number of nitrogens with one attached hydrogen (secondary N) is 2. The van der Waals surface area contributed by atoms with Gasteiger partial charge >= 0.3 is 6.03 Å². The topological polar surface area (TPSA) is 81.8 Å². The van der Waals surface area contributed by atoms with Crippen LogP contribution in [0.4, 0.5) is 9.18 Å². The van der Waals surface area contributed by atoms with Crippen molar-refractivity contribution in [1.29, 1.82) is 0 Å². The van der Waals surface area contributed by atoms with Gasteiger partial charge in [0, 0.05) is 23.1 Å². The lowest BCUT2D eigenvalue weighted by atomic mass is 9.95. The summed E-state index contributed by atoms with van der Waals surface area (Å²) in [6.45, 7) is 2.21. The quantitative estimate of drug-likeness (QED) is 0.648. The standard InChI is InChI=1S/C23H21Cl2FN4O3/c1-2-30-18-11-29(12-19(31)27-10-13-4-3-5-15(26)8-13)22(32)20(18)21(28-23(30)33)16-7-6-14(24)9-17(16)25/h3-9,21H,2,10-12H2,1H3,(H,27,31)(H,28,33)/t21-/m1/s1. The summed E-state index contributed by atoms with van der Waals surface area (Å²) in [6, 6.07) is 9.66. The molecule has 1 atom stereocenters. The number of carbonyl (C=O) groups is 3. The van der Waals surface area contributed by atoms with Crippen molar-refractivity contribution in [2.45, 2.75) is 19.5 Å². The van der Waals surface area contributed by atoms with Gasteiger partial charge in [0.1, 0.15) is 12.4 Å². The van der Waals surface area contributed by atoms with Gasteiger partial charge in [-0.1, -0.05) is 41.4 Å². The third-order valence-electron chi connectivity index (χ3n) is 5.60. The molecule has 0 radical (unpaired) electrons. The molecule has 0 spiro atoms. The molecule has 2 aromatic carbocycles. The van der Waals surface area contributed by atoms with Crippen LogP contribution in [-0.2, 0) is 16.1 Å². The number of amides is 4. The van der Waals surface area contributed by atoms with Crippen LogP contribution in [0, 0.1) is 5.82 Å². The van der Waals surface area contributed by atoms with E-state index in [0.29, 0.717) is 39.0 Å². The van der Waals surface area contributed by atoms with E-state index in [-0.39, 0.29) is 31.6 Å². The van der Waals surface area contributed by atoms with Gasteiger partial charge in [0.05, 0.1) is 23.9 Å². The second-order valence-electron chi connectivity index (χ2n) is 7.72. The fourth-order valence-corrected chi connectivity index (χ4v) is 4.57. The molecule has 0 saturated carbocycles. The molecule has 172 valence electrons. The predicted octanol–water partition coefficient (Wildman–Crippen LogP) is 3.63. The van der Waals surface area contributed by atoms with Crippen molar-refractivity contribution in [2.75, 3.05) is 19.6 Å². The Bertz CT molecular complexity index is 1170. The highest BCUT2D eigenvalue weighted by atomic mass is 35.5. The lowest BCUT2D eigenvalue weighted by Gasteiger charge is -2.33. The van der Waals surface area contributed by atoms with Crippen LogP contribution in [0.5, 0.6) is 0 Å². The number of hydrogen-bond acceptors (Lipinski definition) is 3. The van der Waals surface area contributed by atoms with Crippen LogP contribution in [0.3, 0.4) is 0 Å². The zero-order valence-corrected chi connectivity index (χ0v) is 19.2. The Hall–Kier alpha value is -3.10. The SMILES string of the molecule is CCN1C(=O)N[C@H](c2ccc(Cl)cc2Cl)C2=C1CN(CC(=O)NCc1cccc(F)c1)C2=O. The highest BCUT2D eigenvalue weighted by Crippen LogP contribution is 2.39. The number of urea groups is 1. The molecule has 0 aliphatic carbocycles. The Morgan fingerprint density at radius 3 is 2.70 bits per heavy atom. The molecule has 2 aliphatic heterocycles. The summed E-state index contributed by atoms with van der Waals surface area (Å²) >= 11 is 12.4. The van der Waals surface area contributed by atoms with Crippen LogP contribution in [0.2, 0.25) is 10.0 Å². The third kappa shape index (κ3) is 4.67. The Balaban J connectivity index is 1.53. The summed E-state index contributed by atoms with van der Waals surface area (Å²) < 4.78 is 13.3. The third-order valence-corrected chi connectivity index (χ3v) is 6.16. The molecule has 0 bridgehead atoms. The number of rotatable bonds is 6. The molecule has 2 N–H and O–H groups in total. The maximum absolute atomic E-state index is 13.3. The second kappa shape index (κ2) is 9.41. The molecular weight excluding hydrogens is 470 g/mol. The minimum Gasteiger partial charge on any atom is -0.350 e. The smallest absolute Gasteiger partial charge is 0.322 e. The molecule has 33 heavy (non-hydrogen) atoms. The zero-order chi connectivity index (χ0) is 23.7. The lowest BCUT2D eigenvalue weighted by Crippen LogP contribution is -2.47. The molecule has 2 heterocycles. The van der Waals surface area contributed by atoms with Crippen LogP contribution in [0.15, 0.2) is 53.7 Å². The van der Waals surface area contributed by atoms with Gasteiger partial charge in [-0.2, -0.15) is 0 Å². The van der Waals surface area contributed by atoms with Gasteiger partial charge in [-0.15, -0.1) is 0 Å². The fourth-order valence-electron chi connectivity index (χ4n) is 4.06. The van der Waals surface area contributed by atoms with E-state index in [9.17, 15) is 18.8 Å². The first-order valence-electron chi connectivity index (χ1n) is 10.3. The first-order valence-corrected chi connectivity index (χ1v) is 11.1. The van der Waals surface area contributed by atoms with E-state index >= 15 is 0 Å². The molecule has 0 aromatic heterocycles. The maximum Gasteiger partial charge on any atom is 0.322 e. The molecule has 4 amide bonds. The first-order chi connectivity index (χ1) is 15.8. The number of carbonyl (C=O) groups excluding carboxylic acids is 3. The highest BCUT2D eigenvalue weighted by molar-refractivity contribution is 6.35. The van der Waals surface area contributed by atoms with E-state index in [0.717, 1.165) is 0 Å². The first kappa shape index (κ1) is 23.1. The highest BCUT2D eigenvalue weighted by Gasteiger charge is 2.44. The second-order valence-corrected chi connectivity index (χ2v) is 8.56. The van der Waals surface area contributed by atoms with Gasteiger partial charge in [-0.3, -0.25) is 14.5 Å². The van der Waals surface area contributed by atoms with Crippen LogP contribution in [0.25, 0.3) is 0 Å². The van der Waals surface area contributed by atoms with Gasteiger partial charge in [0.25, 0.3) is 5.91 Å². The molecule has 10 heteroatoms. The van der Waals surface area contributed by atoms with E-state index in [1.165, 1.54) is 21.9 Å².